The van der Waals surface area contributed by atoms with Crippen LogP contribution < -0.4 is 10.3 Å². The highest BCUT2D eigenvalue weighted by molar-refractivity contribution is 8.14. The van der Waals surface area contributed by atoms with Crippen molar-refractivity contribution in [2.45, 2.75) is 64.2 Å². The molecule has 1 atom stereocenters. The fourth-order valence-corrected chi connectivity index (χ4v) is 5.22. The summed E-state index contributed by atoms with van der Waals surface area (Å²) in [6, 6.07) is 13.1. The number of halogens is 1. The van der Waals surface area contributed by atoms with Crippen LogP contribution in [0.4, 0.5) is 14.9 Å². The molecule has 33 heavy (non-hydrogen) atoms. The topological polar surface area (TPSA) is 57.1 Å². The Hall–Kier alpha value is -2.67. The van der Waals surface area contributed by atoms with Gasteiger partial charge in [-0.05, 0) is 79.6 Å². The van der Waals surface area contributed by atoms with Gasteiger partial charge in [0, 0.05) is 23.8 Å². The molecule has 2 aromatic rings. The lowest BCUT2D eigenvalue weighted by molar-refractivity contribution is 0.260. The summed E-state index contributed by atoms with van der Waals surface area (Å²) in [7, 11) is 0. The molecule has 1 unspecified atom stereocenters. The number of nitrogens with one attached hydrogen (secondary N) is 1. The average Bonchev–Trinajstić information content (AvgIpc) is 2.78. The van der Waals surface area contributed by atoms with E-state index < -0.39 is 0 Å². The van der Waals surface area contributed by atoms with E-state index in [1.165, 1.54) is 29.5 Å². The molecule has 1 N–H and O–H groups in total. The Morgan fingerprint density at radius 3 is 2.67 bits per heavy atom. The number of benzene rings is 2. The van der Waals surface area contributed by atoms with Crippen LogP contribution in [0.2, 0.25) is 0 Å². The van der Waals surface area contributed by atoms with E-state index in [0.717, 1.165) is 47.7 Å². The van der Waals surface area contributed by atoms with Crippen molar-refractivity contribution >= 4 is 34.2 Å². The zero-order valence-corrected chi connectivity index (χ0v) is 20.7. The number of hydrogen-bond acceptors (Lipinski definition) is 4. The molecule has 2 aliphatic heterocycles. The number of fused-ring (bicyclic) bond motifs is 1. The van der Waals surface area contributed by atoms with Crippen molar-refractivity contribution in [3.8, 4) is 0 Å². The second kappa shape index (κ2) is 9.29. The summed E-state index contributed by atoms with van der Waals surface area (Å²) >= 11 is 1.30. The summed E-state index contributed by atoms with van der Waals surface area (Å²) in [5.41, 5.74) is 7.78. The standard InChI is InChI=1S/C26H31FN4OS/c1-6-22-23(29-30-25(32)33-22)18-9-12-21-20(15-18)26(4,5)13-14-31(21)24(28-16(2)3)17-7-10-19(27)11-8-17/h7-12,15-16,22H,6,13-14H2,1-5H3,(H,30,32)/b28-24-. The highest BCUT2D eigenvalue weighted by Crippen LogP contribution is 2.41. The molecular weight excluding hydrogens is 435 g/mol. The van der Waals surface area contributed by atoms with Gasteiger partial charge in [0.15, 0.2) is 0 Å². The monoisotopic (exact) mass is 466 g/mol. The minimum Gasteiger partial charge on any atom is -0.326 e. The van der Waals surface area contributed by atoms with E-state index in [-0.39, 0.29) is 27.8 Å². The summed E-state index contributed by atoms with van der Waals surface area (Å²) < 4.78 is 13.6. The molecule has 0 spiro atoms. The van der Waals surface area contributed by atoms with Crippen molar-refractivity contribution in [3.63, 3.8) is 0 Å². The molecule has 4 rings (SSSR count). The van der Waals surface area contributed by atoms with Gasteiger partial charge in [-0.15, -0.1) is 0 Å². The normalized spacial score (nSPS) is 20.4. The fourth-order valence-electron chi connectivity index (χ4n) is 4.40. The van der Waals surface area contributed by atoms with E-state index in [1.807, 2.05) is 0 Å². The maximum Gasteiger partial charge on any atom is 0.299 e. The summed E-state index contributed by atoms with van der Waals surface area (Å²) in [6.45, 7) is 11.5. The Morgan fingerprint density at radius 2 is 2.00 bits per heavy atom. The lowest BCUT2D eigenvalue weighted by Gasteiger charge is -2.41. The van der Waals surface area contributed by atoms with Gasteiger partial charge in [-0.25, -0.2) is 9.82 Å². The van der Waals surface area contributed by atoms with Crippen molar-refractivity contribution in [1.29, 1.82) is 0 Å². The third-order valence-corrected chi connectivity index (χ3v) is 7.35. The van der Waals surface area contributed by atoms with Gasteiger partial charge in [-0.2, -0.15) is 5.10 Å². The first kappa shape index (κ1) is 23.5. The fraction of sp³-hybridized carbons (Fsp3) is 0.423. The minimum absolute atomic E-state index is 0.0269. The molecule has 0 aliphatic carbocycles. The third kappa shape index (κ3) is 4.83. The van der Waals surface area contributed by atoms with Crippen LogP contribution in [0.25, 0.3) is 0 Å². The number of amidine groups is 1. The largest absolute Gasteiger partial charge is 0.326 e. The van der Waals surface area contributed by atoms with Crippen LogP contribution >= 0.6 is 11.8 Å². The van der Waals surface area contributed by atoms with E-state index in [4.69, 9.17) is 4.99 Å². The highest BCUT2D eigenvalue weighted by atomic mass is 32.2. The van der Waals surface area contributed by atoms with Crippen LogP contribution in [0, 0.1) is 5.82 Å². The molecule has 7 heteroatoms. The second-order valence-corrected chi connectivity index (χ2v) is 10.7. The smallest absolute Gasteiger partial charge is 0.299 e. The number of nitrogens with zero attached hydrogens (tertiary/aromatic N) is 3. The first-order valence-electron chi connectivity index (χ1n) is 11.5. The van der Waals surface area contributed by atoms with Crippen molar-refractivity contribution in [1.82, 2.24) is 5.43 Å². The number of hydrogen-bond donors (Lipinski definition) is 1. The molecule has 5 nitrogen and oxygen atoms in total. The van der Waals surface area contributed by atoms with Gasteiger partial charge in [0.25, 0.3) is 5.24 Å². The van der Waals surface area contributed by atoms with Crippen LogP contribution in [0.5, 0.6) is 0 Å². The average molecular weight is 467 g/mol. The molecule has 1 amide bonds. The van der Waals surface area contributed by atoms with Gasteiger partial charge in [0.1, 0.15) is 11.7 Å². The van der Waals surface area contributed by atoms with Crippen LogP contribution in [0.3, 0.4) is 0 Å². The van der Waals surface area contributed by atoms with Crippen LogP contribution in [-0.4, -0.2) is 34.6 Å². The summed E-state index contributed by atoms with van der Waals surface area (Å²) in [4.78, 5) is 19.0. The van der Waals surface area contributed by atoms with Crippen molar-refractivity contribution < 1.29 is 9.18 Å². The minimum atomic E-state index is -0.254. The van der Waals surface area contributed by atoms with Crippen LogP contribution in [0.1, 0.15) is 64.2 Å². The predicted molar refractivity (Wildman–Crippen MR) is 136 cm³/mol. The molecule has 0 saturated heterocycles. The third-order valence-electron chi connectivity index (χ3n) is 6.20. The van der Waals surface area contributed by atoms with Gasteiger partial charge in [0.2, 0.25) is 0 Å². The molecule has 2 heterocycles. The van der Waals surface area contributed by atoms with E-state index in [1.54, 1.807) is 12.1 Å². The highest BCUT2D eigenvalue weighted by Gasteiger charge is 2.35. The van der Waals surface area contributed by atoms with Gasteiger partial charge >= 0.3 is 0 Å². The quantitative estimate of drug-likeness (QED) is 0.437. The van der Waals surface area contributed by atoms with Crippen LogP contribution in [-0.2, 0) is 5.41 Å². The van der Waals surface area contributed by atoms with Crippen LogP contribution in [0.15, 0.2) is 52.6 Å². The van der Waals surface area contributed by atoms with Crippen molar-refractivity contribution in [2.24, 2.45) is 10.1 Å². The number of hydrazone groups is 1. The lowest BCUT2D eigenvalue weighted by atomic mass is 9.76. The number of thioether (sulfide) groups is 1. The molecule has 0 radical (unpaired) electrons. The first-order valence-corrected chi connectivity index (χ1v) is 12.4. The molecule has 0 fully saturated rings. The van der Waals surface area contributed by atoms with E-state index >= 15 is 0 Å². The molecule has 0 bridgehead atoms. The zero-order chi connectivity index (χ0) is 23.8. The molecule has 0 saturated carbocycles. The Kier molecular flexibility index (Phi) is 6.61. The number of aliphatic imine (C=N–C) groups is 1. The lowest BCUT2D eigenvalue weighted by Crippen LogP contribution is -2.42. The van der Waals surface area contributed by atoms with Crippen molar-refractivity contribution in [3.05, 3.63) is 65.0 Å². The van der Waals surface area contributed by atoms with Gasteiger partial charge in [0.05, 0.1) is 11.0 Å². The Bertz CT molecular complexity index is 1110. The number of carbonyl (C=O) groups is 1. The predicted octanol–water partition coefficient (Wildman–Crippen LogP) is 6.11. The maximum atomic E-state index is 13.6. The molecule has 2 aromatic carbocycles. The zero-order valence-electron chi connectivity index (χ0n) is 19.9. The van der Waals surface area contributed by atoms with E-state index in [2.05, 4.69) is 68.2 Å². The van der Waals surface area contributed by atoms with E-state index in [9.17, 15) is 9.18 Å². The Labute approximate surface area is 199 Å². The SMILES string of the molecule is CCC1SC(=O)NN=C1c1ccc2c(c1)C(C)(C)CCN2/C(=N\C(C)C)c1ccc(F)cc1. The number of carbonyl (C=O) groups excluding carboxylic acids is 1. The summed E-state index contributed by atoms with van der Waals surface area (Å²) in [5, 5.41) is 4.33. The Morgan fingerprint density at radius 1 is 1.27 bits per heavy atom. The van der Waals surface area contributed by atoms with Gasteiger partial charge in [-0.1, -0.05) is 38.6 Å². The summed E-state index contributed by atoms with van der Waals surface area (Å²) in [5.74, 6) is 0.606. The number of anilines is 1. The second-order valence-electron chi connectivity index (χ2n) is 9.48. The first-order chi connectivity index (χ1) is 15.7. The maximum absolute atomic E-state index is 13.6. The van der Waals surface area contributed by atoms with E-state index in [0.29, 0.717) is 0 Å². The summed E-state index contributed by atoms with van der Waals surface area (Å²) in [6.07, 6.45) is 1.79. The number of amides is 1. The van der Waals surface area contributed by atoms with Gasteiger partial charge < -0.3 is 4.90 Å². The molecule has 174 valence electrons. The molecule has 0 aromatic heterocycles. The molecular formula is C26H31FN4OS. The van der Waals surface area contributed by atoms with Crippen molar-refractivity contribution in [2.75, 3.05) is 11.4 Å². The number of rotatable bonds is 4. The molecule has 2 aliphatic rings. The van der Waals surface area contributed by atoms with Gasteiger partial charge in [-0.3, -0.25) is 9.79 Å². The Balaban J connectivity index is 1.80.